The number of hydrogen-bond acceptors (Lipinski definition) is 3. The van der Waals surface area contributed by atoms with Gasteiger partial charge < -0.3 is 14.8 Å². The Hall–Kier alpha value is -1.03. The summed E-state index contributed by atoms with van der Waals surface area (Å²) in [5.74, 6) is 0.963. The van der Waals surface area contributed by atoms with E-state index in [0.717, 1.165) is 12.5 Å². The fraction of sp³-hybridized carbons (Fsp3) is 0.750. The highest BCUT2D eigenvalue weighted by molar-refractivity contribution is 5.25. The molecule has 4 heteroatoms. The van der Waals surface area contributed by atoms with Gasteiger partial charge >= 0.3 is 0 Å². The Morgan fingerprint density at radius 3 is 2.81 bits per heavy atom. The maximum absolute atomic E-state index is 4.28. The Balaban J connectivity index is 1.93. The molecule has 0 amide bonds. The van der Waals surface area contributed by atoms with Gasteiger partial charge in [-0.15, -0.1) is 0 Å². The summed E-state index contributed by atoms with van der Waals surface area (Å²) in [6.45, 7) is 5.91. The zero-order valence-electron chi connectivity index (χ0n) is 10.3. The van der Waals surface area contributed by atoms with Gasteiger partial charge in [-0.05, 0) is 32.9 Å². The lowest BCUT2D eigenvalue weighted by molar-refractivity contribution is 0.202. The van der Waals surface area contributed by atoms with Gasteiger partial charge in [-0.25, -0.2) is 4.98 Å². The van der Waals surface area contributed by atoms with Crippen LogP contribution in [0.5, 0.6) is 0 Å². The quantitative estimate of drug-likeness (QED) is 0.845. The van der Waals surface area contributed by atoms with Gasteiger partial charge in [-0.3, -0.25) is 0 Å². The largest absolute Gasteiger partial charge is 0.359 e. The van der Waals surface area contributed by atoms with Crippen LogP contribution in [0.3, 0.4) is 0 Å². The molecule has 1 unspecified atom stereocenters. The van der Waals surface area contributed by atoms with Crippen molar-refractivity contribution in [1.29, 1.82) is 0 Å². The molecule has 1 aliphatic heterocycles. The van der Waals surface area contributed by atoms with Crippen molar-refractivity contribution in [2.75, 3.05) is 32.0 Å². The van der Waals surface area contributed by atoms with Crippen molar-refractivity contribution in [3.63, 3.8) is 0 Å². The highest BCUT2D eigenvalue weighted by Gasteiger charge is 2.15. The van der Waals surface area contributed by atoms with Gasteiger partial charge in [-0.2, -0.15) is 0 Å². The molecule has 90 valence electrons. The molecule has 0 saturated carbocycles. The van der Waals surface area contributed by atoms with Crippen LogP contribution in [0, 0.1) is 0 Å². The summed E-state index contributed by atoms with van der Waals surface area (Å²) >= 11 is 0. The third-order valence-electron chi connectivity index (χ3n) is 3.34. The van der Waals surface area contributed by atoms with E-state index in [9.17, 15) is 0 Å². The standard InChI is InChI=1S/C12H22N4/c1-11(10-15-7-4-3-5-8-15)16-9-6-14-12(16)13-2/h6,9,11H,3-5,7-8,10H2,1-2H3,(H,13,14). The number of nitrogens with one attached hydrogen (secondary N) is 1. The van der Waals surface area contributed by atoms with Gasteiger partial charge in [0, 0.05) is 32.0 Å². The molecule has 1 atom stereocenters. The minimum Gasteiger partial charge on any atom is -0.359 e. The van der Waals surface area contributed by atoms with Gasteiger partial charge in [0.15, 0.2) is 0 Å². The molecule has 1 aliphatic rings. The zero-order chi connectivity index (χ0) is 11.4. The lowest BCUT2D eigenvalue weighted by Crippen LogP contribution is -2.34. The Kier molecular flexibility index (Phi) is 3.83. The van der Waals surface area contributed by atoms with Crippen LogP contribution in [0.25, 0.3) is 0 Å². The minimum absolute atomic E-state index is 0.489. The molecule has 0 spiro atoms. The van der Waals surface area contributed by atoms with Gasteiger partial charge in [0.1, 0.15) is 0 Å². The molecule has 0 aromatic carbocycles. The highest BCUT2D eigenvalue weighted by Crippen LogP contribution is 2.17. The van der Waals surface area contributed by atoms with Gasteiger partial charge in [0.2, 0.25) is 5.95 Å². The van der Waals surface area contributed by atoms with E-state index in [-0.39, 0.29) is 0 Å². The van der Waals surface area contributed by atoms with E-state index in [1.165, 1.54) is 32.4 Å². The van der Waals surface area contributed by atoms with E-state index in [1.54, 1.807) is 0 Å². The lowest BCUT2D eigenvalue weighted by atomic mass is 10.1. The monoisotopic (exact) mass is 222 g/mol. The molecule has 1 N–H and O–H groups in total. The van der Waals surface area contributed by atoms with E-state index in [0.29, 0.717) is 6.04 Å². The number of nitrogens with zero attached hydrogens (tertiary/aromatic N) is 3. The summed E-state index contributed by atoms with van der Waals surface area (Å²) in [6.07, 6.45) is 8.03. The fourth-order valence-corrected chi connectivity index (χ4v) is 2.47. The summed E-state index contributed by atoms with van der Waals surface area (Å²) in [5.41, 5.74) is 0. The fourth-order valence-electron chi connectivity index (χ4n) is 2.47. The molecular formula is C12H22N4. The molecule has 0 radical (unpaired) electrons. The Labute approximate surface area is 97.7 Å². The average molecular weight is 222 g/mol. The summed E-state index contributed by atoms with van der Waals surface area (Å²) in [6, 6.07) is 0.489. The zero-order valence-corrected chi connectivity index (χ0v) is 10.3. The van der Waals surface area contributed by atoms with Gasteiger partial charge in [0.05, 0.1) is 0 Å². The normalized spacial score (nSPS) is 19.6. The lowest BCUT2D eigenvalue weighted by Gasteiger charge is -2.29. The van der Waals surface area contributed by atoms with E-state index < -0.39 is 0 Å². The number of aromatic nitrogens is 2. The van der Waals surface area contributed by atoms with Crippen molar-refractivity contribution in [1.82, 2.24) is 14.5 Å². The minimum atomic E-state index is 0.489. The summed E-state index contributed by atoms with van der Waals surface area (Å²) in [7, 11) is 1.92. The SMILES string of the molecule is CNc1nccn1C(C)CN1CCCCC1. The van der Waals surface area contributed by atoms with Crippen molar-refractivity contribution >= 4 is 5.95 Å². The molecule has 16 heavy (non-hydrogen) atoms. The van der Waals surface area contributed by atoms with E-state index in [4.69, 9.17) is 0 Å². The number of imidazole rings is 1. The first-order valence-corrected chi connectivity index (χ1v) is 6.24. The van der Waals surface area contributed by atoms with Crippen LogP contribution in [0.2, 0.25) is 0 Å². The maximum atomic E-state index is 4.28. The first-order valence-electron chi connectivity index (χ1n) is 6.24. The molecule has 2 rings (SSSR count). The second-order valence-corrected chi connectivity index (χ2v) is 4.62. The van der Waals surface area contributed by atoms with Crippen LogP contribution in [0.1, 0.15) is 32.2 Å². The van der Waals surface area contributed by atoms with Crippen LogP contribution < -0.4 is 5.32 Å². The third-order valence-corrected chi connectivity index (χ3v) is 3.34. The highest BCUT2D eigenvalue weighted by atomic mass is 15.2. The number of rotatable bonds is 4. The van der Waals surface area contributed by atoms with Crippen molar-refractivity contribution in [2.24, 2.45) is 0 Å². The Morgan fingerprint density at radius 2 is 2.12 bits per heavy atom. The third kappa shape index (κ3) is 2.55. The van der Waals surface area contributed by atoms with Crippen LogP contribution in [-0.2, 0) is 0 Å². The maximum Gasteiger partial charge on any atom is 0.202 e. The van der Waals surface area contributed by atoms with E-state index in [1.807, 2.05) is 13.2 Å². The first kappa shape index (κ1) is 11.5. The first-order chi connectivity index (χ1) is 7.81. The average Bonchev–Trinajstić information content (AvgIpc) is 2.78. The van der Waals surface area contributed by atoms with Crippen molar-refractivity contribution in [2.45, 2.75) is 32.2 Å². The van der Waals surface area contributed by atoms with Gasteiger partial charge in [-0.1, -0.05) is 6.42 Å². The Morgan fingerprint density at radius 1 is 1.38 bits per heavy atom. The molecule has 0 aliphatic carbocycles. The molecular weight excluding hydrogens is 200 g/mol. The molecule has 1 fully saturated rings. The number of hydrogen-bond donors (Lipinski definition) is 1. The second kappa shape index (κ2) is 5.34. The van der Waals surface area contributed by atoms with E-state index >= 15 is 0 Å². The number of piperidine rings is 1. The topological polar surface area (TPSA) is 33.1 Å². The van der Waals surface area contributed by atoms with Crippen LogP contribution in [0.15, 0.2) is 12.4 Å². The van der Waals surface area contributed by atoms with Crippen LogP contribution in [-0.4, -0.2) is 41.1 Å². The summed E-state index contributed by atoms with van der Waals surface area (Å²) in [4.78, 5) is 6.85. The van der Waals surface area contributed by atoms with Crippen LogP contribution in [0.4, 0.5) is 5.95 Å². The molecule has 4 nitrogen and oxygen atoms in total. The number of likely N-dealkylation sites (tertiary alicyclic amines) is 1. The predicted molar refractivity (Wildman–Crippen MR) is 66.8 cm³/mol. The molecule has 1 saturated heterocycles. The van der Waals surface area contributed by atoms with Crippen molar-refractivity contribution in [3.8, 4) is 0 Å². The summed E-state index contributed by atoms with van der Waals surface area (Å²) < 4.78 is 2.22. The smallest absolute Gasteiger partial charge is 0.202 e. The molecule has 0 bridgehead atoms. The number of anilines is 1. The second-order valence-electron chi connectivity index (χ2n) is 4.62. The molecule has 1 aromatic heterocycles. The van der Waals surface area contributed by atoms with Gasteiger partial charge in [0.25, 0.3) is 0 Å². The van der Waals surface area contributed by atoms with Crippen molar-refractivity contribution < 1.29 is 0 Å². The van der Waals surface area contributed by atoms with Crippen LogP contribution >= 0.6 is 0 Å². The molecule has 2 heterocycles. The van der Waals surface area contributed by atoms with E-state index in [2.05, 4.69) is 32.9 Å². The predicted octanol–water partition coefficient (Wildman–Crippen LogP) is 1.97. The summed E-state index contributed by atoms with van der Waals surface area (Å²) in [5, 5.41) is 3.13. The van der Waals surface area contributed by atoms with Crippen molar-refractivity contribution in [3.05, 3.63) is 12.4 Å². The molecule has 1 aromatic rings. The Bertz CT molecular complexity index is 315.